The third-order valence-corrected chi connectivity index (χ3v) is 5.74. The number of carbonyl (C=O) groups is 3. The number of aliphatic carboxylic acids is 1. The van der Waals surface area contributed by atoms with Crippen LogP contribution in [0.25, 0.3) is 5.69 Å². The number of hydrogen-bond donors (Lipinski definition) is 1. The van der Waals surface area contributed by atoms with Crippen molar-refractivity contribution >= 4 is 46.7 Å². The maximum atomic E-state index is 13.1. The molecule has 2 amide bonds. The van der Waals surface area contributed by atoms with Crippen LogP contribution in [0.3, 0.4) is 0 Å². The lowest BCUT2D eigenvalue weighted by Crippen LogP contribution is -2.59. The summed E-state index contributed by atoms with van der Waals surface area (Å²) in [6.07, 6.45) is 1.43. The molecule has 1 saturated heterocycles. The maximum Gasteiger partial charge on any atom is 0.326 e. The molecule has 0 saturated carbocycles. The highest BCUT2D eigenvalue weighted by Crippen LogP contribution is 2.30. The minimum absolute atomic E-state index is 0.0140. The Balaban J connectivity index is 1.60. The highest BCUT2D eigenvalue weighted by Gasteiger charge is 2.38. The minimum Gasteiger partial charge on any atom is -0.480 e. The number of rotatable bonds is 6. The molecule has 3 aromatic rings. The van der Waals surface area contributed by atoms with Gasteiger partial charge in [0.2, 0.25) is 11.8 Å². The van der Waals surface area contributed by atoms with E-state index in [-0.39, 0.29) is 18.1 Å². The molecule has 2 aromatic carbocycles. The number of piperazine rings is 1. The van der Waals surface area contributed by atoms with Crippen LogP contribution < -0.4 is 4.90 Å². The monoisotopic (exact) mass is 498 g/mol. The number of anilines is 1. The molecule has 1 fully saturated rings. The number of amides is 2. The zero-order chi connectivity index (χ0) is 24.4. The van der Waals surface area contributed by atoms with E-state index in [1.807, 2.05) is 6.07 Å². The lowest BCUT2D eigenvalue weighted by atomic mass is 10.0. The summed E-state index contributed by atoms with van der Waals surface area (Å²) in [7, 11) is 0. The van der Waals surface area contributed by atoms with Gasteiger partial charge in [-0.15, -0.1) is 5.10 Å². The van der Waals surface area contributed by atoms with Crippen LogP contribution in [0.15, 0.2) is 48.7 Å². The number of benzene rings is 2. The van der Waals surface area contributed by atoms with E-state index in [0.29, 0.717) is 27.5 Å². The molecule has 0 aliphatic carbocycles. The van der Waals surface area contributed by atoms with Crippen LogP contribution in [0.4, 0.5) is 5.69 Å². The molecule has 10 nitrogen and oxygen atoms in total. The number of nitriles is 1. The summed E-state index contributed by atoms with van der Waals surface area (Å²) >= 11 is 12.0. The van der Waals surface area contributed by atoms with Gasteiger partial charge in [0.1, 0.15) is 19.1 Å². The summed E-state index contributed by atoms with van der Waals surface area (Å²) in [6.45, 7) is -0.818. The molecular weight excluding hydrogens is 483 g/mol. The molecule has 1 aliphatic rings. The third kappa shape index (κ3) is 4.71. The van der Waals surface area contributed by atoms with Gasteiger partial charge in [-0.3, -0.25) is 14.5 Å². The smallest absolute Gasteiger partial charge is 0.326 e. The standard InChI is InChI=1S/C22H16Cl2N6O4/c23-15-5-6-16(30-10-19(24)26-27-30)17(8-15)28-11-21(32)29(12-20(28)31)18(22(33)34)7-13-1-3-14(9-25)4-2-13/h1-6,8,10,18H,7,11-12H2,(H,33,34). The molecule has 1 atom stereocenters. The first-order valence-corrected chi connectivity index (χ1v) is 10.7. The highest BCUT2D eigenvalue weighted by molar-refractivity contribution is 6.31. The molecule has 1 aromatic heterocycles. The van der Waals surface area contributed by atoms with Crippen molar-refractivity contribution in [2.45, 2.75) is 12.5 Å². The molecule has 1 N–H and O–H groups in total. The van der Waals surface area contributed by atoms with E-state index in [1.54, 1.807) is 36.4 Å². The molecular formula is C22H16Cl2N6O4. The summed E-state index contributed by atoms with van der Waals surface area (Å²) in [5.74, 6) is -2.26. The van der Waals surface area contributed by atoms with Crippen LogP contribution in [0.1, 0.15) is 11.1 Å². The van der Waals surface area contributed by atoms with Gasteiger partial charge >= 0.3 is 5.97 Å². The molecule has 1 aliphatic heterocycles. The number of carboxylic acids is 1. The Morgan fingerprint density at radius 2 is 1.82 bits per heavy atom. The third-order valence-electron chi connectivity index (χ3n) is 5.33. The van der Waals surface area contributed by atoms with Crippen LogP contribution in [0.2, 0.25) is 10.2 Å². The fourth-order valence-corrected chi connectivity index (χ4v) is 3.97. The van der Waals surface area contributed by atoms with Gasteiger partial charge in [0.05, 0.1) is 29.2 Å². The lowest BCUT2D eigenvalue weighted by molar-refractivity contribution is -0.152. The van der Waals surface area contributed by atoms with Gasteiger partial charge in [-0.25, -0.2) is 9.48 Å². The second-order valence-electron chi connectivity index (χ2n) is 7.49. The molecule has 0 radical (unpaired) electrons. The maximum absolute atomic E-state index is 13.1. The Morgan fingerprint density at radius 1 is 1.09 bits per heavy atom. The second kappa shape index (κ2) is 9.51. The summed E-state index contributed by atoms with van der Waals surface area (Å²) in [5, 5.41) is 26.8. The van der Waals surface area contributed by atoms with E-state index < -0.39 is 30.4 Å². The summed E-state index contributed by atoms with van der Waals surface area (Å²) in [4.78, 5) is 40.4. The Kier molecular flexibility index (Phi) is 6.49. The van der Waals surface area contributed by atoms with Gasteiger partial charge < -0.3 is 10.0 Å². The Hall–Kier alpha value is -3.94. The quantitative estimate of drug-likeness (QED) is 0.551. The number of aromatic nitrogens is 3. The normalized spacial score (nSPS) is 14.7. The predicted molar refractivity (Wildman–Crippen MR) is 122 cm³/mol. The number of nitrogens with zero attached hydrogens (tertiary/aromatic N) is 6. The molecule has 1 unspecified atom stereocenters. The Morgan fingerprint density at radius 3 is 2.44 bits per heavy atom. The summed E-state index contributed by atoms with van der Waals surface area (Å²) in [6, 6.07) is 11.8. The SMILES string of the molecule is N#Cc1ccc(CC(C(=O)O)N2CC(=O)N(c3cc(Cl)ccc3-n3cc(Cl)nn3)CC2=O)cc1. The van der Waals surface area contributed by atoms with Crippen molar-refractivity contribution in [1.82, 2.24) is 19.9 Å². The number of halogens is 2. The first-order valence-electron chi connectivity index (χ1n) is 9.96. The van der Waals surface area contributed by atoms with Gasteiger partial charge in [-0.1, -0.05) is 40.5 Å². The Bertz CT molecular complexity index is 1320. The summed E-state index contributed by atoms with van der Waals surface area (Å²) in [5.41, 5.74) is 1.78. The van der Waals surface area contributed by atoms with E-state index in [2.05, 4.69) is 10.3 Å². The van der Waals surface area contributed by atoms with Crippen molar-refractivity contribution in [2.75, 3.05) is 18.0 Å². The topological polar surface area (TPSA) is 132 Å². The van der Waals surface area contributed by atoms with Gasteiger partial charge in [0.25, 0.3) is 0 Å². The fraction of sp³-hybridized carbons (Fsp3) is 0.182. The number of carboxylic acid groups (broad SMARTS) is 1. The van der Waals surface area contributed by atoms with Gasteiger partial charge in [0, 0.05) is 11.4 Å². The molecule has 4 rings (SSSR count). The van der Waals surface area contributed by atoms with E-state index in [9.17, 15) is 19.5 Å². The fourth-order valence-electron chi connectivity index (χ4n) is 3.67. The van der Waals surface area contributed by atoms with Crippen molar-refractivity contribution in [2.24, 2.45) is 0 Å². The van der Waals surface area contributed by atoms with E-state index >= 15 is 0 Å². The van der Waals surface area contributed by atoms with Crippen LogP contribution in [-0.4, -0.2) is 61.9 Å². The zero-order valence-electron chi connectivity index (χ0n) is 17.4. The van der Waals surface area contributed by atoms with Gasteiger partial charge in [0.15, 0.2) is 5.15 Å². The van der Waals surface area contributed by atoms with E-state index in [1.165, 1.54) is 21.8 Å². The van der Waals surface area contributed by atoms with Gasteiger partial charge in [-0.2, -0.15) is 5.26 Å². The largest absolute Gasteiger partial charge is 0.480 e. The van der Waals surface area contributed by atoms with Crippen molar-refractivity contribution in [3.05, 3.63) is 70.0 Å². The molecule has 34 heavy (non-hydrogen) atoms. The van der Waals surface area contributed by atoms with E-state index in [4.69, 9.17) is 28.5 Å². The van der Waals surface area contributed by atoms with Crippen LogP contribution in [-0.2, 0) is 20.8 Å². The highest BCUT2D eigenvalue weighted by atomic mass is 35.5. The average Bonchev–Trinajstić information content (AvgIpc) is 3.25. The molecule has 2 heterocycles. The number of carbonyl (C=O) groups excluding carboxylic acids is 2. The summed E-state index contributed by atoms with van der Waals surface area (Å²) < 4.78 is 1.35. The predicted octanol–water partition coefficient (Wildman–Crippen LogP) is 2.32. The first kappa shape index (κ1) is 23.2. The first-order chi connectivity index (χ1) is 16.3. The molecule has 172 valence electrons. The van der Waals surface area contributed by atoms with Crippen molar-refractivity contribution in [3.63, 3.8) is 0 Å². The van der Waals surface area contributed by atoms with Crippen molar-refractivity contribution in [3.8, 4) is 11.8 Å². The van der Waals surface area contributed by atoms with Crippen molar-refractivity contribution < 1.29 is 19.5 Å². The van der Waals surface area contributed by atoms with Gasteiger partial charge in [-0.05, 0) is 35.9 Å². The molecule has 0 bridgehead atoms. The van der Waals surface area contributed by atoms with Crippen LogP contribution in [0, 0.1) is 11.3 Å². The Labute approximate surface area is 203 Å². The minimum atomic E-state index is -1.25. The van der Waals surface area contributed by atoms with E-state index in [0.717, 1.165) is 4.90 Å². The average molecular weight is 499 g/mol. The van der Waals surface area contributed by atoms with Crippen LogP contribution >= 0.6 is 23.2 Å². The van der Waals surface area contributed by atoms with Crippen molar-refractivity contribution in [1.29, 1.82) is 5.26 Å². The number of hydrogen-bond acceptors (Lipinski definition) is 6. The van der Waals surface area contributed by atoms with Crippen LogP contribution in [0.5, 0.6) is 0 Å². The zero-order valence-corrected chi connectivity index (χ0v) is 18.9. The molecule has 0 spiro atoms. The second-order valence-corrected chi connectivity index (χ2v) is 8.31. The molecule has 12 heteroatoms. The lowest BCUT2D eigenvalue weighted by Gasteiger charge is -2.37.